The van der Waals surface area contributed by atoms with E-state index in [2.05, 4.69) is 0 Å². The number of halogens is 1. The summed E-state index contributed by atoms with van der Waals surface area (Å²) in [7, 11) is -4.01. The Balaban J connectivity index is 2.38. The second kappa shape index (κ2) is 5.49. The van der Waals surface area contributed by atoms with Crippen LogP contribution in [0.2, 0.25) is 0 Å². The number of hydrogen-bond donors (Lipinski definition) is 1. The lowest BCUT2D eigenvalue weighted by atomic mass is 10.2. The summed E-state index contributed by atoms with van der Waals surface area (Å²) in [5.41, 5.74) is -0.00161. The zero-order valence-corrected chi connectivity index (χ0v) is 11.7. The first-order chi connectivity index (χ1) is 9.79. The quantitative estimate of drug-likeness (QED) is 0.694. The van der Waals surface area contributed by atoms with Crippen LogP contribution in [-0.4, -0.2) is 13.3 Å². The number of sulfonamides is 1. The SMILES string of the molecule is Cc1ccc(S(=O)(=O)Nc2cc([N+](=O)[O-])ccc2F)cc1. The summed E-state index contributed by atoms with van der Waals surface area (Å²) in [6.07, 6.45) is 0. The van der Waals surface area contributed by atoms with E-state index in [0.29, 0.717) is 0 Å². The smallest absolute Gasteiger partial charge is 0.271 e. The Kier molecular flexibility index (Phi) is 3.90. The number of nitrogens with zero attached hydrogens (tertiary/aromatic N) is 1. The van der Waals surface area contributed by atoms with Gasteiger partial charge in [0.25, 0.3) is 15.7 Å². The zero-order valence-electron chi connectivity index (χ0n) is 10.9. The van der Waals surface area contributed by atoms with Gasteiger partial charge in [0.2, 0.25) is 0 Å². The van der Waals surface area contributed by atoms with Gasteiger partial charge in [0.1, 0.15) is 5.82 Å². The van der Waals surface area contributed by atoms with Crippen LogP contribution in [0.15, 0.2) is 47.4 Å². The molecule has 0 spiro atoms. The third-order valence-electron chi connectivity index (χ3n) is 2.74. The van der Waals surface area contributed by atoms with E-state index in [0.717, 1.165) is 23.8 Å². The van der Waals surface area contributed by atoms with Crippen LogP contribution in [0.25, 0.3) is 0 Å². The number of nitro benzene ring substituents is 1. The van der Waals surface area contributed by atoms with E-state index in [9.17, 15) is 22.9 Å². The Bertz CT molecular complexity index is 788. The van der Waals surface area contributed by atoms with Crippen LogP contribution in [-0.2, 0) is 10.0 Å². The van der Waals surface area contributed by atoms with E-state index in [-0.39, 0.29) is 4.90 Å². The van der Waals surface area contributed by atoms with E-state index < -0.39 is 32.1 Å². The molecular weight excluding hydrogens is 299 g/mol. The molecule has 0 bridgehead atoms. The molecule has 0 saturated carbocycles. The highest BCUT2D eigenvalue weighted by atomic mass is 32.2. The van der Waals surface area contributed by atoms with Gasteiger partial charge < -0.3 is 0 Å². The Morgan fingerprint density at radius 1 is 1.14 bits per heavy atom. The van der Waals surface area contributed by atoms with Gasteiger partial charge in [0.15, 0.2) is 0 Å². The predicted octanol–water partition coefficient (Wildman–Crippen LogP) is 2.84. The molecule has 0 aliphatic heterocycles. The minimum atomic E-state index is -4.01. The van der Waals surface area contributed by atoms with E-state index in [1.807, 2.05) is 4.72 Å². The minimum Gasteiger partial charge on any atom is -0.276 e. The van der Waals surface area contributed by atoms with Gasteiger partial charge in [0.05, 0.1) is 15.5 Å². The lowest BCUT2D eigenvalue weighted by molar-refractivity contribution is -0.384. The number of aryl methyl sites for hydroxylation is 1. The third kappa shape index (κ3) is 3.34. The molecule has 0 aromatic heterocycles. The number of benzene rings is 2. The summed E-state index contributed by atoms with van der Waals surface area (Å²) in [6.45, 7) is 1.80. The number of non-ortho nitro benzene ring substituents is 1. The van der Waals surface area contributed by atoms with Crippen molar-refractivity contribution in [1.82, 2.24) is 0 Å². The third-order valence-corrected chi connectivity index (χ3v) is 4.12. The summed E-state index contributed by atoms with van der Waals surface area (Å²) >= 11 is 0. The molecule has 0 aliphatic carbocycles. The number of anilines is 1. The molecule has 0 unspecified atom stereocenters. The molecule has 8 heteroatoms. The van der Waals surface area contributed by atoms with Gasteiger partial charge in [-0.05, 0) is 25.1 Å². The van der Waals surface area contributed by atoms with E-state index in [1.165, 1.54) is 12.1 Å². The summed E-state index contributed by atoms with van der Waals surface area (Å²) < 4.78 is 39.8. The highest BCUT2D eigenvalue weighted by Crippen LogP contribution is 2.24. The predicted molar refractivity (Wildman–Crippen MR) is 75.0 cm³/mol. The number of nitro groups is 1. The summed E-state index contributed by atoms with van der Waals surface area (Å²) in [5, 5.41) is 10.6. The van der Waals surface area contributed by atoms with Gasteiger partial charge in [-0.15, -0.1) is 0 Å². The molecule has 0 radical (unpaired) electrons. The van der Waals surface area contributed by atoms with Crippen molar-refractivity contribution < 1.29 is 17.7 Å². The molecular formula is C13H11FN2O4S. The molecule has 110 valence electrons. The first-order valence-corrected chi connectivity index (χ1v) is 7.31. The molecule has 21 heavy (non-hydrogen) atoms. The van der Waals surface area contributed by atoms with Crippen LogP contribution in [0.4, 0.5) is 15.8 Å². The maximum absolute atomic E-state index is 13.6. The maximum Gasteiger partial charge on any atom is 0.271 e. The molecule has 0 saturated heterocycles. The molecule has 0 heterocycles. The maximum atomic E-state index is 13.6. The van der Waals surface area contributed by atoms with E-state index >= 15 is 0 Å². The van der Waals surface area contributed by atoms with Crippen LogP contribution < -0.4 is 4.72 Å². The highest BCUT2D eigenvalue weighted by Gasteiger charge is 2.18. The standard InChI is InChI=1S/C13H11FN2O4S/c1-9-2-5-11(6-3-9)21(19,20)15-13-8-10(16(17)18)4-7-12(13)14/h2-8,15H,1H3. The molecule has 0 atom stereocenters. The number of hydrogen-bond acceptors (Lipinski definition) is 4. The lowest BCUT2D eigenvalue weighted by Gasteiger charge is -2.09. The summed E-state index contributed by atoms with van der Waals surface area (Å²) in [6, 6.07) is 8.56. The van der Waals surface area contributed by atoms with Crippen molar-refractivity contribution in [1.29, 1.82) is 0 Å². The molecule has 2 aromatic rings. The molecule has 0 amide bonds. The highest BCUT2D eigenvalue weighted by molar-refractivity contribution is 7.92. The monoisotopic (exact) mass is 310 g/mol. The van der Waals surface area contributed by atoms with Gasteiger partial charge >= 0.3 is 0 Å². The molecule has 6 nitrogen and oxygen atoms in total. The van der Waals surface area contributed by atoms with Crippen molar-refractivity contribution in [2.75, 3.05) is 4.72 Å². The Morgan fingerprint density at radius 2 is 1.76 bits per heavy atom. The summed E-state index contributed by atoms with van der Waals surface area (Å²) in [4.78, 5) is 9.85. The van der Waals surface area contributed by atoms with Crippen molar-refractivity contribution in [3.05, 3.63) is 64.0 Å². The fourth-order valence-corrected chi connectivity index (χ4v) is 2.68. The van der Waals surface area contributed by atoms with Crippen LogP contribution in [0, 0.1) is 22.9 Å². The molecule has 2 aromatic carbocycles. The number of nitrogens with one attached hydrogen (secondary N) is 1. The lowest BCUT2D eigenvalue weighted by Crippen LogP contribution is -2.14. The zero-order chi connectivity index (χ0) is 15.6. The van der Waals surface area contributed by atoms with Gasteiger partial charge in [-0.2, -0.15) is 0 Å². The van der Waals surface area contributed by atoms with Crippen molar-refractivity contribution >= 4 is 21.4 Å². The van der Waals surface area contributed by atoms with Gasteiger partial charge in [0, 0.05) is 12.1 Å². The average molecular weight is 310 g/mol. The van der Waals surface area contributed by atoms with Crippen LogP contribution in [0.3, 0.4) is 0 Å². The molecule has 0 fully saturated rings. The second-order valence-electron chi connectivity index (χ2n) is 4.34. The van der Waals surface area contributed by atoms with Gasteiger partial charge in [-0.3, -0.25) is 14.8 Å². The Hall–Kier alpha value is -2.48. The summed E-state index contributed by atoms with van der Waals surface area (Å²) in [5.74, 6) is -0.892. The molecule has 1 N–H and O–H groups in total. The fourth-order valence-electron chi connectivity index (χ4n) is 1.63. The van der Waals surface area contributed by atoms with Crippen molar-refractivity contribution in [2.24, 2.45) is 0 Å². The fraction of sp³-hybridized carbons (Fsp3) is 0.0769. The Morgan fingerprint density at radius 3 is 2.33 bits per heavy atom. The van der Waals surface area contributed by atoms with Gasteiger partial charge in [-0.1, -0.05) is 17.7 Å². The first-order valence-electron chi connectivity index (χ1n) is 5.83. The molecule has 2 rings (SSSR count). The van der Waals surface area contributed by atoms with Crippen LogP contribution in [0.1, 0.15) is 5.56 Å². The normalized spacial score (nSPS) is 11.1. The van der Waals surface area contributed by atoms with Gasteiger partial charge in [-0.25, -0.2) is 12.8 Å². The molecule has 0 aliphatic rings. The minimum absolute atomic E-state index is 0.0565. The van der Waals surface area contributed by atoms with Crippen LogP contribution in [0.5, 0.6) is 0 Å². The number of rotatable bonds is 4. The largest absolute Gasteiger partial charge is 0.276 e. The Labute approximate surface area is 120 Å². The van der Waals surface area contributed by atoms with E-state index in [1.54, 1.807) is 19.1 Å². The first kappa shape index (κ1) is 14.9. The van der Waals surface area contributed by atoms with Crippen molar-refractivity contribution in [2.45, 2.75) is 11.8 Å². The average Bonchev–Trinajstić information content (AvgIpc) is 2.41. The second-order valence-corrected chi connectivity index (χ2v) is 6.02. The van der Waals surface area contributed by atoms with Crippen molar-refractivity contribution in [3.8, 4) is 0 Å². The topological polar surface area (TPSA) is 89.3 Å². The van der Waals surface area contributed by atoms with E-state index in [4.69, 9.17) is 0 Å². The van der Waals surface area contributed by atoms with Crippen molar-refractivity contribution in [3.63, 3.8) is 0 Å². The van der Waals surface area contributed by atoms with Crippen LogP contribution >= 0.6 is 0 Å².